The van der Waals surface area contributed by atoms with Crippen LogP contribution < -0.4 is 5.32 Å². The molecule has 3 amide bonds. The van der Waals surface area contributed by atoms with E-state index in [-0.39, 0.29) is 5.75 Å². The van der Waals surface area contributed by atoms with Gasteiger partial charge < -0.3 is 20.2 Å². The second-order valence-corrected chi connectivity index (χ2v) is 4.44. The predicted octanol–water partition coefficient (Wildman–Crippen LogP) is -0.369. The number of anilines is 1. The maximum atomic E-state index is 11.9. The Bertz CT molecular complexity index is 524. The van der Waals surface area contributed by atoms with E-state index in [1.807, 2.05) is 0 Å². The summed E-state index contributed by atoms with van der Waals surface area (Å²) < 4.78 is 0. The summed E-state index contributed by atoms with van der Waals surface area (Å²) in [4.78, 5) is 37.3. The number of phenolic OH excluding ortho intramolecular Hbond substituents is 1. The van der Waals surface area contributed by atoms with E-state index in [0.717, 1.165) is 6.41 Å². The summed E-state index contributed by atoms with van der Waals surface area (Å²) in [5, 5.41) is 11.7. The van der Waals surface area contributed by atoms with Crippen molar-refractivity contribution in [1.29, 1.82) is 0 Å². The van der Waals surface area contributed by atoms with Crippen molar-refractivity contribution in [3.05, 3.63) is 24.3 Å². The van der Waals surface area contributed by atoms with Gasteiger partial charge in [-0.15, -0.1) is 0 Å². The monoisotopic (exact) mass is 277 g/mol. The Morgan fingerprint density at radius 1 is 1.20 bits per heavy atom. The van der Waals surface area contributed by atoms with Crippen LogP contribution in [0.3, 0.4) is 0 Å². The minimum atomic E-state index is -0.754. The van der Waals surface area contributed by atoms with E-state index in [2.05, 4.69) is 5.32 Å². The van der Waals surface area contributed by atoms with Gasteiger partial charge in [-0.1, -0.05) is 6.07 Å². The van der Waals surface area contributed by atoms with Gasteiger partial charge in [-0.3, -0.25) is 14.4 Å². The first kappa shape index (κ1) is 13.9. The van der Waals surface area contributed by atoms with Crippen molar-refractivity contribution in [1.82, 2.24) is 9.80 Å². The Kier molecular flexibility index (Phi) is 4.19. The molecule has 1 aliphatic rings. The quantitative estimate of drug-likeness (QED) is 0.570. The number of hydrogen-bond donors (Lipinski definition) is 2. The fourth-order valence-electron chi connectivity index (χ4n) is 1.94. The molecule has 0 aliphatic carbocycles. The number of nitrogens with one attached hydrogen (secondary N) is 1. The van der Waals surface area contributed by atoms with Gasteiger partial charge in [0.15, 0.2) is 0 Å². The van der Waals surface area contributed by atoms with E-state index >= 15 is 0 Å². The third-order valence-corrected chi connectivity index (χ3v) is 3.05. The van der Waals surface area contributed by atoms with Gasteiger partial charge in [0.1, 0.15) is 5.75 Å². The van der Waals surface area contributed by atoms with E-state index in [4.69, 9.17) is 0 Å². The van der Waals surface area contributed by atoms with Gasteiger partial charge in [-0.2, -0.15) is 0 Å². The number of carbonyl (C=O) groups excluding carboxylic acids is 3. The fraction of sp³-hybridized carbons (Fsp3) is 0.308. The predicted molar refractivity (Wildman–Crippen MR) is 71.0 cm³/mol. The first-order valence-corrected chi connectivity index (χ1v) is 6.19. The first-order chi connectivity index (χ1) is 9.60. The van der Waals surface area contributed by atoms with Gasteiger partial charge in [0.2, 0.25) is 6.41 Å². The van der Waals surface area contributed by atoms with Crippen molar-refractivity contribution in [3.8, 4) is 5.75 Å². The van der Waals surface area contributed by atoms with Crippen LogP contribution in [0.1, 0.15) is 0 Å². The summed E-state index contributed by atoms with van der Waals surface area (Å²) in [5.41, 5.74) is 0.356. The number of hydrogen-bond acceptors (Lipinski definition) is 4. The summed E-state index contributed by atoms with van der Waals surface area (Å²) in [5.74, 6) is -1.39. The van der Waals surface area contributed by atoms with Crippen molar-refractivity contribution in [2.45, 2.75) is 0 Å². The third kappa shape index (κ3) is 3.25. The Balaban J connectivity index is 1.92. The number of piperazine rings is 1. The van der Waals surface area contributed by atoms with E-state index < -0.39 is 11.8 Å². The maximum absolute atomic E-state index is 11.9. The Morgan fingerprint density at radius 2 is 1.90 bits per heavy atom. The minimum absolute atomic E-state index is 0.00912. The first-order valence-electron chi connectivity index (χ1n) is 6.19. The SMILES string of the molecule is O=CN1CCN(C(=O)C(=O)Nc2cccc(O)c2)CC1. The summed E-state index contributed by atoms with van der Waals surface area (Å²) in [6.45, 7) is 1.53. The van der Waals surface area contributed by atoms with Crippen LogP contribution in [0, 0.1) is 0 Å². The molecule has 7 nitrogen and oxygen atoms in total. The normalized spacial score (nSPS) is 14.8. The molecule has 0 aromatic heterocycles. The van der Waals surface area contributed by atoms with Crippen molar-refractivity contribution < 1.29 is 19.5 Å². The highest BCUT2D eigenvalue weighted by Gasteiger charge is 2.25. The molecular formula is C13H15N3O4. The summed E-state index contributed by atoms with van der Waals surface area (Å²) in [6.07, 6.45) is 0.731. The van der Waals surface area contributed by atoms with Gasteiger partial charge in [-0.05, 0) is 12.1 Å². The van der Waals surface area contributed by atoms with Crippen LogP contribution in [0.2, 0.25) is 0 Å². The summed E-state index contributed by atoms with van der Waals surface area (Å²) in [7, 11) is 0. The number of carbonyl (C=O) groups is 3. The lowest BCUT2D eigenvalue weighted by Crippen LogP contribution is -2.51. The van der Waals surface area contributed by atoms with Gasteiger partial charge in [0.05, 0.1) is 0 Å². The average Bonchev–Trinajstić information content (AvgIpc) is 2.46. The lowest BCUT2D eigenvalue weighted by Gasteiger charge is -2.31. The van der Waals surface area contributed by atoms with Crippen molar-refractivity contribution >= 4 is 23.9 Å². The number of benzene rings is 1. The van der Waals surface area contributed by atoms with Crippen molar-refractivity contribution in [3.63, 3.8) is 0 Å². The van der Waals surface area contributed by atoms with Gasteiger partial charge in [-0.25, -0.2) is 0 Å². The molecule has 0 saturated carbocycles. The number of nitrogens with zero attached hydrogens (tertiary/aromatic N) is 2. The standard InChI is InChI=1S/C13H15N3O4/c17-9-15-4-6-16(7-5-15)13(20)12(19)14-10-2-1-3-11(18)8-10/h1-3,8-9,18H,4-7H2,(H,14,19). The lowest BCUT2D eigenvalue weighted by molar-refractivity contribution is -0.144. The topological polar surface area (TPSA) is 90.0 Å². The molecule has 1 fully saturated rings. The molecule has 1 heterocycles. The van der Waals surface area contributed by atoms with Crippen molar-refractivity contribution in [2.75, 3.05) is 31.5 Å². The Labute approximate surface area is 115 Å². The molecule has 1 aliphatic heterocycles. The molecule has 0 radical (unpaired) electrons. The molecule has 20 heavy (non-hydrogen) atoms. The third-order valence-electron chi connectivity index (χ3n) is 3.05. The van der Waals surface area contributed by atoms with Gasteiger partial charge in [0, 0.05) is 37.9 Å². The van der Waals surface area contributed by atoms with Crippen LogP contribution in [-0.2, 0) is 14.4 Å². The zero-order valence-corrected chi connectivity index (χ0v) is 10.8. The molecular weight excluding hydrogens is 262 g/mol. The Hall–Kier alpha value is -2.57. The van der Waals surface area contributed by atoms with Gasteiger partial charge >= 0.3 is 11.8 Å². The second-order valence-electron chi connectivity index (χ2n) is 4.44. The molecule has 7 heteroatoms. The van der Waals surface area contributed by atoms with Crippen LogP contribution in [0.4, 0.5) is 5.69 Å². The van der Waals surface area contributed by atoms with E-state index in [9.17, 15) is 19.5 Å². The molecule has 1 aromatic rings. The van der Waals surface area contributed by atoms with Crippen LogP contribution in [0.25, 0.3) is 0 Å². The second kappa shape index (κ2) is 6.05. The van der Waals surface area contributed by atoms with E-state index in [0.29, 0.717) is 31.9 Å². The average molecular weight is 277 g/mol. The molecule has 0 atom stereocenters. The molecule has 106 valence electrons. The number of phenols is 1. The summed E-state index contributed by atoms with van der Waals surface area (Å²) in [6, 6.07) is 5.97. The smallest absolute Gasteiger partial charge is 0.313 e. The lowest BCUT2D eigenvalue weighted by atomic mass is 10.3. The number of amides is 3. The number of aromatic hydroxyl groups is 1. The zero-order valence-electron chi connectivity index (χ0n) is 10.8. The molecule has 2 rings (SSSR count). The zero-order chi connectivity index (χ0) is 14.5. The number of rotatable bonds is 2. The highest BCUT2D eigenvalue weighted by molar-refractivity contribution is 6.39. The van der Waals surface area contributed by atoms with Crippen LogP contribution in [0.5, 0.6) is 5.75 Å². The summed E-state index contributed by atoms with van der Waals surface area (Å²) >= 11 is 0. The molecule has 1 saturated heterocycles. The van der Waals surface area contributed by atoms with Crippen molar-refractivity contribution in [2.24, 2.45) is 0 Å². The largest absolute Gasteiger partial charge is 0.508 e. The van der Waals surface area contributed by atoms with Crippen LogP contribution >= 0.6 is 0 Å². The minimum Gasteiger partial charge on any atom is -0.508 e. The highest BCUT2D eigenvalue weighted by Crippen LogP contribution is 2.15. The van der Waals surface area contributed by atoms with Gasteiger partial charge in [0.25, 0.3) is 0 Å². The maximum Gasteiger partial charge on any atom is 0.313 e. The van der Waals surface area contributed by atoms with Crippen LogP contribution in [-0.4, -0.2) is 59.3 Å². The Morgan fingerprint density at radius 3 is 2.50 bits per heavy atom. The van der Waals surface area contributed by atoms with E-state index in [1.54, 1.807) is 17.0 Å². The molecule has 0 unspecified atom stereocenters. The van der Waals surface area contributed by atoms with Crippen LogP contribution in [0.15, 0.2) is 24.3 Å². The van der Waals surface area contributed by atoms with E-state index in [1.165, 1.54) is 17.0 Å². The highest BCUT2D eigenvalue weighted by atomic mass is 16.3. The fourth-order valence-corrected chi connectivity index (χ4v) is 1.94. The molecule has 2 N–H and O–H groups in total. The molecule has 0 spiro atoms. The molecule has 1 aromatic carbocycles. The molecule has 0 bridgehead atoms.